The second-order valence-corrected chi connectivity index (χ2v) is 10.5. The molecule has 1 aliphatic heterocycles. The molecule has 0 unspecified atom stereocenters. The summed E-state index contributed by atoms with van der Waals surface area (Å²) in [6, 6.07) is 5.25. The third-order valence-corrected chi connectivity index (χ3v) is 7.98. The number of nitrogens with one attached hydrogen (secondary N) is 1. The first-order valence-corrected chi connectivity index (χ1v) is 13.1. The molecule has 0 spiro atoms. The van der Waals surface area contributed by atoms with E-state index < -0.39 is 0 Å². The Hall–Kier alpha value is -3.07. The average Bonchev–Trinajstić information content (AvgIpc) is 3.26. The first kappa shape index (κ1) is 23.7. The maximum absolute atomic E-state index is 13.0. The molecule has 5 rings (SSSR count). The van der Waals surface area contributed by atoms with E-state index in [1.807, 2.05) is 16.2 Å². The number of carbonyl (C=O) groups is 1. The van der Waals surface area contributed by atoms with Crippen molar-refractivity contribution in [3.05, 3.63) is 34.5 Å². The number of hydrogen-bond acceptors (Lipinski definition) is 7. The number of nitrogens with zero attached hydrogens (tertiary/aromatic N) is 4. The van der Waals surface area contributed by atoms with Gasteiger partial charge >= 0.3 is 6.03 Å². The molecule has 1 saturated heterocycles. The summed E-state index contributed by atoms with van der Waals surface area (Å²) in [6.07, 6.45) is 4.74. The molecule has 0 bridgehead atoms. The minimum Gasteiger partial charge on any atom is -0.497 e. The van der Waals surface area contributed by atoms with Crippen LogP contribution in [-0.2, 0) is 12.8 Å². The molecule has 3 aromatic rings. The Morgan fingerprint density at radius 1 is 1.00 bits per heavy atom. The van der Waals surface area contributed by atoms with Crippen molar-refractivity contribution in [3.8, 4) is 11.5 Å². The fraction of sp³-hybridized carbons (Fsp3) is 0.500. The summed E-state index contributed by atoms with van der Waals surface area (Å²) in [5, 5.41) is 4.24. The largest absolute Gasteiger partial charge is 0.497 e. The number of fused-ring (bicyclic) bond motifs is 3. The van der Waals surface area contributed by atoms with E-state index in [9.17, 15) is 4.79 Å². The molecule has 2 amide bonds. The van der Waals surface area contributed by atoms with Gasteiger partial charge in [0, 0.05) is 60.9 Å². The van der Waals surface area contributed by atoms with Crippen molar-refractivity contribution in [1.82, 2.24) is 14.9 Å². The van der Waals surface area contributed by atoms with Gasteiger partial charge in [0.2, 0.25) is 0 Å². The number of ether oxygens (including phenoxy) is 2. The lowest BCUT2D eigenvalue weighted by Crippen LogP contribution is -2.50. The van der Waals surface area contributed by atoms with Crippen molar-refractivity contribution >= 4 is 39.1 Å². The van der Waals surface area contributed by atoms with E-state index >= 15 is 0 Å². The maximum atomic E-state index is 13.0. The van der Waals surface area contributed by atoms with Crippen LogP contribution < -0.4 is 19.7 Å². The molecule has 8 nitrogen and oxygen atoms in total. The van der Waals surface area contributed by atoms with Crippen molar-refractivity contribution in [2.45, 2.75) is 45.4 Å². The highest BCUT2D eigenvalue weighted by Gasteiger charge is 2.28. The molecular weight excluding hydrogens is 462 g/mol. The van der Waals surface area contributed by atoms with E-state index in [2.05, 4.69) is 24.1 Å². The van der Waals surface area contributed by atoms with Crippen molar-refractivity contribution in [1.29, 1.82) is 0 Å². The fourth-order valence-electron chi connectivity index (χ4n) is 4.84. The number of rotatable bonds is 5. The average molecular weight is 496 g/mol. The van der Waals surface area contributed by atoms with Gasteiger partial charge in [0.15, 0.2) is 0 Å². The number of urea groups is 1. The SMILES string of the molecule is COc1cc(NC(=O)N2CCN(c3nc(C(C)C)nc4sc5c(c34)CCCC5)CC2)cc(OC)c1. The van der Waals surface area contributed by atoms with Gasteiger partial charge in [0.05, 0.1) is 19.6 Å². The Morgan fingerprint density at radius 2 is 1.69 bits per heavy atom. The number of aromatic nitrogens is 2. The highest BCUT2D eigenvalue weighted by Crippen LogP contribution is 2.40. The number of benzene rings is 1. The van der Waals surface area contributed by atoms with Gasteiger partial charge in [0.1, 0.15) is 28.0 Å². The smallest absolute Gasteiger partial charge is 0.321 e. The van der Waals surface area contributed by atoms with Crippen LogP contribution in [0.2, 0.25) is 0 Å². The molecular formula is C26H33N5O3S. The van der Waals surface area contributed by atoms with Crippen molar-refractivity contribution in [2.24, 2.45) is 0 Å². The van der Waals surface area contributed by atoms with Crippen LogP contribution in [0.3, 0.4) is 0 Å². The zero-order chi connectivity index (χ0) is 24.5. The summed E-state index contributed by atoms with van der Waals surface area (Å²) >= 11 is 1.85. The highest BCUT2D eigenvalue weighted by molar-refractivity contribution is 7.19. The summed E-state index contributed by atoms with van der Waals surface area (Å²) in [7, 11) is 3.19. The molecule has 1 aliphatic carbocycles. The zero-order valence-corrected chi connectivity index (χ0v) is 21.7. The molecule has 35 heavy (non-hydrogen) atoms. The lowest BCUT2D eigenvalue weighted by atomic mass is 9.96. The Bertz CT molecular complexity index is 1210. The van der Waals surface area contributed by atoms with Gasteiger partial charge in [-0.15, -0.1) is 11.3 Å². The quantitative estimate of drug-likeness (QED) is 0.533. The predicted molar refractivity (Wildman–Crippen MR) is 140 cm³/mol. The molecule has 186 valence electrons. The van der Waals surface area contributed by atoms with Gasteiger partial charge in [-0.3, -0.25) is 0 Å². The van der Waals surface area contributed by atoms with E-state index in [1.165, 1.54) is 28.7 Å². The maximum Gasteiger partial charge on any atom is 0.321 e. The fourth-order valence-corrected chi connectivity index (χ4v) is 6.11. The third kappa shape index (κ3) is 4.74. The van der Waals surface area contributed by atoms with Gasteiger partial charge in [-0.1, -0.05) is 13.8 Å². The molecule has 2 aromatic heterocycles. The number of aryl methyl sites for hydroxylation is 2. The molecule has 2 aliphatic rings. The van der Waals surface area contributed by atoms with E-state index in [1.54, 1.807) is 32.4 Å². The summed E-state index contributed by atoms with van der Waals surface area (Å²) in [5.41, 5.74) is 2.10. The van der Waals surface area contributed by atoms with E-state index in [4.69, 9.17) is 19.4 Å². The number of piperazine rings is 1. The van der Waals surface area contributed by atoms with Crippen LogP contribution in [-0.4, -0.2) is 61.3 Å². The summed E-state index contributed by atoms with van der Waals surface area (Å²) in [4.78, 5) is 29.8. The third-order valence-electron chi connectivity index (χ3n) is 6.80. The molecule has 0 radical (unpaired) electrons. The Morgan fingerprint density at radius 3 is 2.34 bits per heavy atom. The van der Waals surface area contributed by atoms with Crippen LogP contribution in [0.15, 0.2) is 18.2 Å². The monoisotopic (exact) mass is 495 g/mol. The van der Waals surface area contributed by atoms with Gasteiger partial charge < -0.3 is 24.6 Å². The number of hydrogen-bond donors (Lipinski definition) is 1. The number of carbonyl (C=O) groups excluding carboxylic acids is 1. The summed E-state index contributed by atoms with van der Waals surface area (Å²) < 4.78 is 10.6. The summed E-state index contributed by atoms with van der Waals surface area (Å²) in [6.45, 7) is 7.03. The Kier molecular flexibility index (Phi) is 6.69. The molecule has 3 heterocycles. The minimum absolute atomic E-state index is 0.122. The second kappa shape index (κ2) is 9.89. The second-order valence-electron chi connectivity index (χ2n) is 9.46. The molecule has 0 saturated carbocycles. The van der Waals surface area contributed by atoms with Crippen LogP contribution in [0, 0.1) is 0 Å². The normalized spacial score (nSPS) is 15.9. The minimum atomic E-state index is -0.122. The van der Waals surface area contributed by atoms with Gasteiger partial charge in [0.25, 0.3) is 0 Å². The van der Waals surface area contributed by atoms with E-state index in [0.717, 1.165) is 42.4 Å². The van der Waals surface area contributed by atoms with Crippen molar-refractivity contribution in [3.63, 3.8) is 0 Å². The van der Waals surface area contributed by atoms with Crippen LogP contribution in [0.5, 0.6) is 11.5 Å². The highest BCUT2D eigenvalue weighted by atomic mass is 32.1. The van der Waals surface area contributed by atoms with Crippen LogP contribution >= 0.6 is 11.3 Å². The zero-order valence-electron chi connectivity index (χ0n) is 20.9. The van der Waals surface area contributed by atoms with Crippen molar-refractivity contribution in [2.75, 3.05) is 50.6 Å². The molecule has 1 N–H and O–H groups in total. The number of anilines is 2. The standard InChI is InChI=1S/C26H33N5O3S/c1-16(2)23-28-24(22-20-7-5-6-8-21(20)35-25(22)29-23)30-9-11-31(12-10-30)26(32)27-17-13-18(33-3)15-19(14-17)34-4/h13-16H,5-12H2,1-4H3,(H,27,32). The molecule has 1 fully saturated rings. The first-order chi connectivity index (χ1) is 17.0. The van der Waals surface area contributed by atoms with E-state index in [-0.39, 0.29) is 11.9 Å². The first-order valence-electron chi connectivity index (χ1n) is 12.3. The topological polar surface area (TPSA) is 79.8 Å². The molecule has 9 heteroatoms. The van der Waals surface area contributed by atoms with Gasteiger partial charge in [-0.2, -0.15) is 0 Å². The van der Waals surface area contributed by atoms with Crippen LogP contribution in [0.25, 0.3) is 10.2 Å². The van der Waals surface area contributed by atoms with Crippen LogP contribution in [0.1, 0.15) is 48.9 Å². The van der Waals surface area contributed by atoms with Gasteiger partial charge in [-0.05, 0) is 31.2 Å². The molecule has 0 atom stereocenters. The lowest BCUT2D eigenvalue weighted by molar-refractivity contribution is 0.208. The van der Waals surface area contributed by atoms with Crippen LogP contribution in [0.4, 0.5) is 16.3 Å². The Labute approximate surface area is 210 Å². The Balaban J connectivity index is 1.34. The van der Waals surface area contributed by atoms with Gasteiger partial charge in [-0.25, -0.2) is 14.8 Å². The lowest BCUT2D eigenvalue weighted by Gasteiger charge is -2.36. The summed E-state index contributed by atoms with van der Waals surface area (Å²) in [5.74, 6) is 3.49. The number of methoxy groups -OCH3 is 2. The molecule has 1 aromatic carbocycles. The van der Waals surface area contributed by atoms with Crippen molar-refractivity contribution < 1.29 is 14.3 Å². The number of amides is 2. The number of thiophene rings is 1. The van der Waals surface area contributed by atoms with E-state index in [0.29, 0.717) is 30.3 Å². The predicted octanol–water partition coefficient (Wildman–Crippen LogP) is 5.06.